The van der Waals surface area contributed by atoms with Gasteiger partial charge in [0.25, 0.3) is 0 Å². The van der Waals surface area contributed by atoms with E-state index in [0.29, 0.717) is 6.04 Å². The third kappa shape index (κ3) is 1.75. The Bertz CT molecular complexity index is 472. The first-order valence-electron chi connectivity index (χ1n) is 5.06. The zero-order valence-corrected chi connectivity index (χ0v) is 9.28. The molecule has 0 saturated carbocycles. The number of nitrogens with two attached hydrogens (primary N) is 1. The average molecular weight is 204 g/mol. The van der Waals surface area contributed by atoms with E-state index in [2.05, 4.69) is 28.7 Å². The molecular formula is C11H16N4. The van der Waals surface area contributed by atoms with Gasteiger partial charge in [-0.05, 0) is 32.0 Å². The number of nitrogens with zero attached hydrogens (tertiary/aromatic N) is 2. The molecule has 3 N–H and O–H groups in total. The molecule has 1 aromatic carbocycles. The Morgan fingerprint density at radius 3 is 2.80 bits per heavy atom. The number of nitrogen functional groups attached to an aromatic ring is 1. The minimum atomic E-state index is 0.419. The molecule has 0 aliphatic rings. The smallest absolute Gasteiger partial charge is 0.203 e. The quantitative estimate of drug-likeness (QED) is 0.735. The molecule has 0 aliphatic heterocycles. The summed E-state index contributed by atoms with van der Waals surface area (Å²) in [6.45, 7) is 4.25. The number of rotatable bonds is 2. The lowest BCUT2D eigenvalue weighted by Gasteiger charge is -2.19. The maximum atomic E-state index is 5.71. The van der Waals surface area contributed by atoms with Crippen LogP contribution in [0.5, 0.6) is 0 Å². The third-order valence-electron chi connectivity index (χ3n) is 2.60. The zero-order chi connectivity index (χ0) is 11.0. The summed E-state index contributed by atoms with van der Waals surface area (Å²) < 4.78 is 0. The van der Waals surface area contributed by atoms with Crippen molar-refractivity contribution < 1.29 is 0 Å². The maximum Gasteiger partial charge on any atom is 0.203 e. The minimum absolute atomic E-state index is 0.419. The van der Waals surface area contributed by atoms with Crippen molar-refractivity contribution in [2.45, 2.75) is 19.9 Å². The summed E-state index contributed by atoms with van der Waals surface area (Å²) in [6, 6.07) is 6.11. The van der Waals surface area contributed by atoms with Crippen molar-refractivity contribution in [2.24, 2.45) is 0 Å². The molecule has 1 heterocycles. The number of aromatic amines is 1. The lowest BCUT2D eigenvalue weighted by Crippen LogP contribution is -2.26. The van der Waals surface area contributed by atoms with Gasteiger partial charge >= 0.3 is 0 Å². The molecule has 0 atom stereocenters. The van der Waals surface area contributed by atoms with Gasteiger partial charge in [-0.25, -0.2) is 4.98 Å². The van der Waals surface area contributed by atoms with Crippen molar-refractivity contribution in [3.63, 3.8) is 0 Å². The number of anilines is 2. The fourth-order valence-electron chi connectivity index (χ4n) is 1.43. The number of fused-ring (bicyclic) bond motifs is 1. The number of imidazole rings is 1. The highest BCUT2D eigenvalue weighted by molar-refractivity contribution is 5.80. The first-order chi connectivity index (χ1) is 7.08. The molecule has 0 bridgehead atoms. The maximum absolute atomic E-state index is 5.71. The lowest BCUT2D eigenvalue weighted by atomic mass is 10.3. The van der Waals surface area contributed by atoms with Crippen LogP contribution < -0.4 is 10.6 Å². The predicted molar refractivity (Wildman–Crippen MR) is 64.0 cm³/mol. The number of nitrogens with one attached hydrogen (secondary N) is 1. The zero-order valence-electron chi connectivity index (χ0n) is 9.28. The van der Waals surface area contributed by atoms with Gasteiger partial charge in [0.15, 0.2) is 0 Å². The van der Waals surface area contributed by atoms with Gasteiger partial charge in [-0.15, -0.1) is 0 Å². The van der Waals surface area contributed by atoms with Crippen LogP contribution in [-0.2, 0) is 0 Å². The number of H-pyrrole nitrogens is 1. The molecule has 1 aromatic heterocycles. The van der Waals surface area contributed by atoms with E-state index in [1.165, 1.54) is 0 Å². The second-order valence-corrected chi connectivity index (χ2v) is 4.04. The monoisotopic (exact) mass is 204 g/mol. The molecule has 4 nitrogen and oxygen atoms in total. The van der Waals surface area contributed by atoms with E-state index in [1.807, 2.05) is 25.2 Å². The number of benzene rings is 1. The third-order valence-corrected chi connectivity index (χ3v) is 2.60. The summed E-state index contributed by atoms with van der Waals surface area (Å²) in [5.41, 5.74) is 8.40. The fourth-order valence-corrected chi connectivity index (χ4v) is 1.43. The van der Waals surface area contributed by atoms with Crippen molar-refractivity contribution in [1.29, 1.82) is 0 Å². The van der Waals surface area contributed by atoms with Crippen LogP contribution in [0.2, 0.25) is 0 Å². The Hall–Kier alpha value is -1.71. The number of hydrogen-bond donors (Lipinski definition) is 2. The van der Waals surface area contributed by atoms with Crippen molar-refractivity contribution in [3.05, 3.63) is 18.2 Å². The van der Waals surface area contributed by atoms with Crippen LogP contribution in [0.1, 0.15) is 13.8 Å². The van der Waals surface area contributed by atoms with Gasteiger partial charge in [0.05, 0.1) is 11.0 Å². The van der Waals surface area contributed by atoms with Gasteiger partial charge in [-0.3, -0.25) is 0 Å². The second kappa shape index (κ2) is 3.46. The standard InChI is InChI=1S/C11H16N4/c1-7(2)15(3)11-13-9-5-4-8(12)6-10(9)14-11/h4-7H,12H2,1-3H3,(H,13,14). The summed E-state index contributed by atoms with van der Waals surface area (Å²) >= 11 is 0. The van der Waals surface area contributed by atoms with Crippen molar-refractivity contribution in [2.75, 3.05) is 17.7 Å². The van der Waals surface area contributed by atoms with Gasteiger partial charge < -0.3 is 15.6 Å². The molecule has 0 amide bonds. The van der Waals surface area contributed by atoms with Crippen LogP contribution in [0.15, 0.2) is 18.2 Å². The SMILES string of the molecule is CC(C)N(C)c1nc2ccc(N)cc2[nH]1. The van der Waals surface area contributed by atoms with Crippen molar-refractivity contribution in [3.8, 4) is 0 Å². The highest BCUT2D eigenvalue weighted by Gasteiger charge is 2.09. The molecule has 0 saturated heterocycles. The highest BCUT2D eigenvalue weighted by Crippen LogP contribution is 2.19. The van der Waals surface area contributed by atoms with E-state index >= 15 is 0 Å². The van der Waals surface area contributed by atoms with Gasteiger partial charge in [0.2, 0.25) is 5.95 Å². The molecule has 15 heavy (non-hydrogen) atoms. The highest BCUT2D eigenvalue weighted by atomic mass is 15.3. The topological polar surface area (TPSA) is 57.9 Å². The average Bonchev–Trinajstić information content (AvgIpc) is 2.58. The molecule has 0 spiro atoms. The molecule has 2 rings (SSSR count). The van der Waals surface area contributed by atoms with E-state index < -0.39 is 0 Å². The Kier molecular flexibility index (Phi) is 2.26. The second-order valence-electron chi connectivity index (χ2n) is 4.04. The summed E-state index contributed by atoms with van der Waals surface area (Å²) in [5.74, 6) is 0.880. The summed E-state index contributed by atoms with van der Waals surface area (Å²) in [6.07, 6.45) is 0. The normalized spacial score (nSPS) is 11.2. The molecule has 4 heteroatoms. The van der Waals surface area contributed by atoms with E-state index in [1.54, 1.807) is 0 Å². The molecule has 2 aromatic rings. The van der Waals surface area contributed by atoms with Crippen LogP contribution >= 0.6 is 0 Å². The van der Waals surface area contributed by atoms with E-state index in [-0.39, 0.29) is 0 Å². The minimum Gasteiger partial charge on any atom is -0.399 e. The fraction of sp³-hybridized carbons (Fsp3) is 0.364. The lowest BCUT2D eigenvalue weighted by molar-refractivity contribution is 0.736. The molecule has 80 valence electrons. The summed E-state index contributed by atoms with van der Waals surface area (Å²) in [7, 11) is 2.02. The molecular weight excluding hydrogens is 188 g/mol. The first kappa shape index (κ1) is 9.83. The van der Waals surface area contributed by atoms with Gasteiger partial charge in [0, 0.05) is 18.8 Å². The van der Waals surface area contributed by atoms with Crippen molar-refractivity contribution >= 4 is 22.7 Å². The van der Waals surface area contributed by atoms with Gasteiger partial charge in [-0.1, -0.05) is 0 Å². The van der Waals surface area contributed by atoms with Crippen LogP contribution in [0.25, 0.3) is 11.0 Å². The van der Waals surface area contributed by atoms with Gasteiger partial charge in [-0.2, -0.15) is 0 Å². The predicted octanol–water partition coefficient (Wildman–Crippen LogP) is 1.99. The first-order valence-corrected chi connectivity index (χ1v) is 5.06. The van der Waals surface area contributed by atoms with Crippen LogP contribution in [-0.4, -0.2) is 23.1 Å². The van der Waals surface area contributed by atoms with Crippen LogP contribution in [0, 0.1) is 0 Å². The van der Waals surface area contributed by atoms with Crippen LogP contribution in [0.3, 0.4) is 0 Å². The molecule has 0 aliphatic carbocycles. The Morgan fingerprint density at radius 1 is 1.40 bits per heavy atom. The number of aromatic nitrogens is 2. The van der Waals surface area contributed by atoms with Gasteiger partial charge in [0.1, 0.15) is 0 Å². The Balaban J connectivity index is 2.47. The van der Waals surface area contributed by atoms with Crippen molar-refractivity contribution in [1.82, 2.24) is 9.97 Å². The van der Waals surface area contributed by atoms with E-state index in [0.717, 1.165) is 22.7 Å². The molecule has 0 unspecified atom stereocenters. The largest absolute Gasteiger partial charge is 0.399 e. The molecule has 0 fully saturated rings. The van der Waals surface area contributed by atoms with Crippen LogP contribution in [0.4, 0.5) is 11.6 Å². The van der Waals surface area contributed by atoms with E-state index in [9.17, 15) is 0 Å². The Morgan fingerprint density at radius 2 is 2.13 bits per heavy atom. The summed E-state index contributed by atoms with van der Waals surface area (Å²) in [5, 5.41) is 0. The van der Waals surface area contributed by atoms with E-state index in [4.69, 9.17) is 5.73 Å². The number of hydrogen-bond acceptors (Lipinski definition) is 3. The molecule has 0 radical (unpaired) electrons. The summed E-state index contributed by atoms with van der Waals surface area (Å²) in [4.78, 5) is 9.84. The Labute approximate surface area is 89.1 Å².